The van der Waals surface area contributed by atoms with Crippen molar-refractivity contribution in [2.75, 3.05) is 7.11 Å². The lowest BCUT2D eigenvalue weighted by atomic mass is 9.97. The number of fused-ring (bicyclic) bond motifs is 1. The van der Waals surface area contributed by atoms with Gasteiger partial charge < -0.3 is 23.0 Å². The van der Waals surface area contributed by atoms with Crippen molar-refractivity contribution in [1.29, 1.82) is 0 Å². The number of methoxy groups -OCH3 is 1. The second-order valence-corrected chi connectivity index (χ2v) is 9.67. The largest absolute Gasteiger partial charge is 0.497 e. The van der Waals surface area contributed by atoms with Crippen LogP contribution in [-0.4, -0.2) is 23.7 Å². The molecule has 0 aliphatic carbocycles. The molecular formula is C32H31NO5. The summed E-state index contributed by atoms with van der Waals surface area (Å²) in [6, 6.07) is 23.2. The lowest BCUT2D eigenvalue weighted by Gasteiger charge is -2.12. The zero-order valence-electron chi connectivity index (χ0n) is 22.2. The average Bonchev–Trinajstić information content (AvgIpc) is 3.29. The van der Waals surface area contributed by atoms with Crippen molar-refractivity contribution < 1.29 is 18.6 Å². The van der Waals surface area contributed by atoms with Crippen LogP contribution in [-0.2, 0) is 0 Å². The molecule has 38 heavy (non-hydrogen) atoms. The molecule has 5 aromatic rings. The molecule has 194 valence electrons. The van der Waals surface area contributed by atoms with Crippen LogP contribution in [0, 0.1) is 0 Å². The van der Waals surface area contributed by atoms with E-state index < -0.39 is 5.63 Å². The van der Waals surface area contributed by atoms with Crippen molar-refractivity contribution >= 4 is 5.52 Å². The summed E-state index contributed by atoms with van der Waals surface area (Å²) in [5.74, 6) is 2.78. The van der Waals surface area contributed by atoms with Gasteiger partial charge in [0.15, 0.2) is 5.76 Å². The second kappa shape index (κ2) is 10.5. The Bertz CT molecular complexity index is 1590. The molecule has 0 unspecified atom stereocenters. The van der Waals surface area contributed by atoms with Crippen molar-refractivity contribution in [3.05, 3.63) is 95.6 Å². The Morgan fingerprint density at radius 3 is 1.68 bits per heavy atom. The minimum atomic E-state index is -0.415. The first kappa shape index (κ1) is 25.2. The Morgan fingerprint density at radius 1 is 0.658 bits per heavy atom. The molecule has 0 saturated heterocycles. The van der Waals surface area contributed by atoms with Crippen LogP contribution in [0.25, 0.3) is 39.1 Å². The second-order valence-electron chi connectivity index (χ2n) is 9.67. The van der Waals surface area contributed by atoms with Gasteiger partial charge in [-0.3, -0.25) is 0 Å². The molecule has 2 aromatic heterocycles. The minimum absolute atomic E-state index is 0.0710. The zero-order valence-corrected chi connectivity index (χ0v) is 22.2. The van der Waals surface area contributed by atoms with Gasteiger partial charge in [0, 0.05) is 22.9 Å². The molecule has 3 aromatic carbocycles. The molecule has 0 bridgehead atoms. The zero-order chi connectivity index (χ0) is 26.8. The number of ether oxygens (including phenoxy) is 3. The Hall–Kier alpha value is -4.45. The van der Waals surface area contributed by atoms with Gasteiger partial charge in [0.25, 0.3) is 0 Å². The average molecular weight is 510 g/mol. The molecule has 0 aliphatic heterocycles. The molecule has 0 N–H and O–H groups in total. The highest BCUT2D eigenvalue weighted by molar-refractivity contribution is 5.94. The molecule has 2 heterocycles. The van der Waals surface area contributed by atoms with Gasteiger partial charge in [-0.1, -0.05) is 24.3 Å². The van der Waals surface area contributed by atoms with E-state index in [9.17, 15) is 4.79 Å². The summed E-state index contributed by atoms with van der Waals surface area (Å²) in [5, 5.41) is 0. The summed E-state index contributed by atoms with van der Waals surface area (Å²) < 4.78 is 24.6. The van der Waals surface area contributed by atoms with Crippen LogP contribution in [0.15, 0.2) is 94.4 Å². The predicted octanol–water partition coefficient (Wildman–Crippen LogP) is 7.48. The van der Waals surface area contributed by atoms with Crippen LogP contribution < -0.4 is 19.8 Å². The number of nitrogens with zero attached hydrogens (tertiary/aromatic N) is 1. The van der Waals surface area contributed by atoms with Crippen molar-refractivity contribution in [3.63, 3.8) is 0 Å². The first-order valence-corrected chi connectivity index (χ1v) is 12.7. The van der Waals surface area contributed by atoms with E-state index in [0.29, 0.717) is 11.3 Å². The van der Waals surface area contributed by atoms with Gasteiger partial charge in [-0.25, -0.2) is 4.79 Å². The summed E-state index contributed by atoms with van der Waals surface area (Å²) >= 11 is 0. The Labute approximate surface area is 222 Å². The molecule has 0 saturated carbocycles. The molecule has 5 rings (SSSR count). The van der Waals surface area contributed by atoms with E-state index in [0.717, 1.165) is 45.1 Å². The number of aromatic nitrogens is 1. The van der Waals surface area contributed by atoms with Crippen LogP contribution in [0.5, 0.6) is 17.2 Å². The minimum Gasteiger partial charge on any atom is -0.497 e. The summed E-state index contributed by atoms with van der Waals surface area (Å²) in [6.07, 6.45) is 3.98. The fraction of sp³-hybridized carbons (Fsp3) is 0.219. The van der Waals surface area contributed by atoms with Crippen molar-refractivity contribution in [2.45, 2.75) is 39.9 Å². The van der Waals surface area contributed by atoms with Crippen LogP contribution in [0.4, 0.5) is 0 Å². The van der Waals surface area contributed by atoms with E-state index in [4.69, 9.17) is 18.6 Å². The highest BCUT2D eigenvalue weighted by Gasteiger charge is 2.20. The molecule has 0 spiro atoms. The van der Waals surface area contributed by atoms with Gasteiger partial charge in [-0.15, -0.1) is 0 Å². The molecule has 0 atom stereocenters. The van der Waals surface area contributed by atoms with Gasteiger partial charge in [-0.05, 0) is 87.4 Å². The predicted molar refractivity (Wildman–Crippen MR) is 150 cm³/mol. The molecule has 0 aliphatic rings. The Kier molecular flexibility index (Phi) is 6.97. The summed E-state index contributed by atoms with van der Waals surface area (Å²) in [7, 11) is 1.62. The standard InChI is InChI=1S/C32H31NO5/c1-20(2)36-26-14-6-22(7-15-26)28-18-33-19-29(23-8-12-25(35-5)13-9-23)38-32(34)31(33)30(28)24-10-16-27(17-11-24)37-21(3)4/h6-21H,1-5H3. The highest BCUT2D eigenvalue weighted by atomic mass is 16.5. The van der Waals surface area contributed by atoms with Gasteiger partial charge in [0.2, 0.25) is 0 Å². The van der Waals surface area contributed by atoms with Gasteiger partial charge in [-0.2, -0.15) is 0 Å². The molecule has 6 heteroatoms. The van der Waals surface area contributed by atoms with E-state index in [-0.39, 0.29) is 12.2 Å². The van der Waals surface area contributed by atoms with E-state index in [1.807, 2.05) is 117 Å². The van der Waals surface area contributed by atoms with E-state index in [1.165, 1.54) is 0 Å². The first-order chi connectivity index (χ1) is 18.3. The van der Waals surface area contributed by atoms with Gasteiger partial charge in [0.1, 0.15) is 22.8 Å². The third-order valence-corrected chi connectivity index (χ3v) is 6.11. The molecule has 0 fully saturated rings. The lowest BCUT2D eigenvalue weighted by molar-refractivity contribution is 0.242. The monoisotopic (exact) mass is 509 g/mol. The maximum atomic E-state index is 13.5. The number of benzene rings is 3. The van der Waals surface area contributed by atoms with Gasteiger partial charge in [0.05, 0.1) is 25.5 Å². The fourth-order valence-electron chi connectivity index (χ4n) is 4.49. The summed E-state index contributed by atoms with van der Waals surface area (Å²) in [6.45, 7) is 7.98. The molecule has 0 radical (unpaired) electrons. The fourth-order valence-corrected chi connectivity index (χ4v) is 4.49. The Morgan fingerprint density at radius 2 is 1.16 bits per heavy atom. The number of hydrogen-bond donors (Lipinski definition) is 0. The smallest absolute Gasteiger partial charge is 0.361 e. The molecule has 0 amide bonds. The quantitative estimate of drug-likeness (QED) is 0.217. The van der Waals surface area contributed by atoms with Crippen molar-refractivity contribution in [1.82, 2.24) is 4.40 Å². The molecular weight excluding hydrogens is 478 g/mol. The number of rotatable bonds is 8. The van der Waals surface area contributed by atoms with E-state index in [2.05, 4.69) is 0 Å². The van der Waals surface area contributed by atoms with E-state index >= 15 is 0 Å². The van der Waals surface area contributed by atoms with Crippen LogP contribution in [0.2, 0.25) is 0 Å². The summed E-state index contributed by atoms with van der Waals surface area (Å²) in [5.41, 5.74) is 4.41. The molecule has 6 nitrogen and oxygen atoms in total. The Balaban J connectivity index is 1.67. The highest BCUT2D eigenvalue weighted by Crippen LogP contribution is 2.38. The first-order valence-electron chi connectivity index (χ1n) is 12.7. The van der Waals surface area contributed by atoms with Crippen molar-refractivity contribution in [3.8, 4) is 50.8 Å². The van der Waals surface area contributed by atoms with Crippen LogP contribution in [0.1, 0.15) is 27.7 Å². The SMILES string of the molecule is COc1ccc(-c2cn3cc(-c4ccc(OC(C)C)cc4)c(-c4ccc(OC(C)C)cc4)c3c(=O)o2)cc1. The van der Waals surface area contributed by atoms with Crippen molar-refractivity contribution in [2.24, 2.45) is 0 Å². The summed E-state index contributed by atoms with van der Waals surface area (Å²) in [4.78, 5) is 13.5. The number of hydrogen-bond acceptors (Lipinski definition) is 5. The third kappa shape index (κ3) is 5.16. The van der Waals surface area contributed by atoms with Crippen LogP contribution >= 0.6 is 0 Å². The van der Waals surface area contributed by atoms with E-state index in [1.54, 1.807) is 7.11 Å². The van der Waals surface area contributed by atoms with Crippen LogP contribution in [0.3, 0.4) is 0 Å². The third-order valence-electron chi connectivity index (χ3n) is 6.11. The van der Waals surface area contributed by atoms with Gasteiger partial charge >= 0.3 is 5.63 Å². The maximum Gasteiger partial charge on any atom is 0.361 e. The maximum absolute atomic E-state index is 13.5. The topological polar surface area (TPSA) is 62.3 Å². The lowest BCUT2D eigenvalue weighted by Crippen LogP contribution is -2.06. The normalized spacial score (nSPS) is 11.3.